The summed E-state index contributed by atoms with van der Waals surface area (Å²) in [6, 6.07) is 18.9. The van der Waals surface area contributed by atoms with E-state index in [1.54, 1.807) is 42.6 Å². The Morgan fingerprint density at radius 1 is 0.825 bits per heavy atom. The lowest BCUT2D eigenvalue weighted by Crippen LogP contribution is -2.50. The van der Waals surface area contributed by atoms with E-state index in [-0.39, 0.29) is 41.5 Å². The Balaban J connectivity index is 0.755. The standard InChI is InChI=1S/C47H51ClN8O7/c1-62-40-14-11-32(27-39(40)56-21-17-41(57)52-47(56)61)46(60)55-24-22-53(23-25-55)18-7-3-6-10-42(58)54-19-15-31(16-20-54)26-38-43-36(29-49-45(43)51-30-50-38)44(59)35-13-12-34(28-37(35)48)63-33-8-4-2-5-9-33/h2,4-5,8-9,11-14,27-31H,3,6-7,10,15-26H2,1H3,(H,49,50,51)(H,52,57,61). The second-order valence-electron chi connectivity index (χ2n) is 16.2. The van der Waals surface area contributed by atoms with Crippen LogP contribution in [0.5, 0.6) is 17.2 Å². The molecule has 3 aromatic carbocycles. The number of nitrogens with zero attached hydrogens (tertiary/aromatic N) is 6. The maximum Gasteiger partial charge on any atom is 0.328 e. The molecule has 8 rings (SSSR count). The number of ketones is 1. The van der Waals surface area contributed by atoms with E-state index in [0.717, 1.165) is 57.4 Å². The number of aromatic nitrogens is 3. The van der Waals surface area contributed by atoms with Gasteiger partial charge in [0, 0.05) is 82.0 Å². The highest BCUT2D eigenvalue weighted by Gasteiger charge is 2.30. The number of piperazine rings is 1. The van der Waals surface area contributed by atoms with Crippen molar-refractivity contribution >= 4 is 57.9 Å². The predicted octanol–water partition coefficient (Wildman–Crippen LogP) is 6.89. The van der Waals surface area contributed by atoms with Crippen LogP contribution >= 0.6 is 11.6 Å². The second-order valence-corrected chi connectivity index (χ2v) is 16.7. The van der Waals surface area contributed by atoms with Crippen molar-refractivity contribution in [2.45, 2.75) is 51.4 Å². The van der Waals surface area contributed by atoms with Crippen molar-refractivity contribution in [2.24, 2.45) is 5.92 Å². The fourth-order valence-corrected chi connectivity index (χ4v) is 8.92. The molecule has 5 aromatic rings. The third kappa shape index (κ3) is 10.2. The second kappa shape index (κ2) is 19.8. The molecule has 2 N–H and O–H groups in total. The number of imide groups is 1. The van der Waals surface area contributed by atoms with Crippen LogP contribution in [-0.4, -0.2) is 119 Å². The first-order valence-corrected chi connectivity index (χ1v) is 22.0. The first-order valence-electron chi connectivity index (χ1n) is 21.6. The van der Waals surface area contributed by atoms with Crippen LogP contribution in [0.4, 0.5) is 10.5 Å². The van der Waals surface area contributed by atoms with Crippen LogP contribution in [0.1, 0.15) is 76.9 Å². The summed E-state index contributed by atoms with van der Waals surface area (Å²) in [6.45, 7) is 5.21. The van der Waals surface area contributed by atoms with Crippen LogP contribution in [-0.2, 0) is 16.0 Å². The molecule has 15 nitrogen and oxygen atoms in total. The summed E-state index contributed by atoms with van der Waals surface area (Å²) in [6.07, 6.45) is 9.02. The fraction of sp³-hybridized carbons (Fsp3) is 0.383. The summed E-state index contributed by atoms with van der Waals surface area (Å²) in [5.41, 5.74) is 3.15. The lowest BCUT2D eigenvalue weighted by Gasteiger charge is -2.35. The van der Waals surface area contributed by atoms with Crippen molar-refractivity contribution in [3.63, 3.8) is 0 Å². The molecule has 0 atom stereocenters. The number of carbonyl (C=O) groups is 5. The van der Waals surface area contributed by atoms with Crippen molar-refractivity contribution in [1.29, 1.82) is 0 Å². The van der Waals surface area contributed by atoms with E-state index in [4.69, 9.17) is 21.1 Å². The number of methoxy groups -OCH3 is 1. The van der Waals surface area contributed by atoms with Crippen molar-refractivity contribution in [3.05, 3.63) is 107 Å². The minimum absolute atomic E-state index is 0.109. The van der Waals surface area contributed by atoms with Gasteiger partial charge >= 0.3 is 6.03 Å². The number of urea groups is 1. The van der Waals surface area contributed by atoms with Crippen LogP contribution in [0.3, 0.4) is 0 Å². The molecule has 16 heteroatoms. The van der Waals surface area contributed by atoms with E-state index in [0.29, 0.717) is 95.6 Å². The summed E-state index contributed by atoms with van der Waals surface area (Å²) < 4.78 is 11.4. The van der Waals surface area contributed by atoms with Crippen LogP contribution in [0.2, 0.25) is 5.02 Å². The zero-order chi connectivity index (χ0) is 43.9. The Morgan fingerprint density at radius 3 is 2.37 bits per heavy atom. The predicted molar refractivity (Wildman–Crippen MR) is 238 cm³/mol. The first-order chi connectivity index (χ1) is 30.6. The SMILES string of the molecule is COc1ccc(C(=O)N2CCN(CCCCCC(=O)N3CCC(Cc4ncnc5[nH]cc(C(=O)c6ccc(Oc7ccccc7)cc6Cl)c45)CC3)CC2)cc1N1CCC(=O)NC1=O. The molecular formula is C47H51ClN8O7. The van der Waals surface area contributed by atoms with Gasteiger partial charge in [0.1, 0.15) is 29.2 Å². The van der Waals surface area contributed by atoms with E-state index in [9.17, 15) is 24.0 Å². The summed E-state index contributed by atoms with van der Waals surface area (Å²) >= 11 is 6.63. The molecule has 3 fully saturated rings. The third-order valence-electron chi connectivity index (χ3n) is 12.2. The topological polar surface area (TPSA) is 170 Å². The van der Waals surface area contributed by atoms with Crippen molar-refractivity contribution < 1.29 is 33.4 Å². The van der Waals surface area contributed by atoms with Gasteiger partial charge in [-0.2, -0.15) is 0 Å². The number of likely N-dealkylation sites (tertiary alicyclic amines) is 1. The zero-order valence-electron chi connectivity index (χ0n) is 35.3. The van der Waals surface area contributed by atoms with Crippen molar-refractivity contribution in [2.75, 3.05) is 64.4 Å². The number of aromatic amines is 1. The van der Waals surface area contributed by atoms with E-state index >= 15 is 0 Å². The largest absolute Gasteiger partial charge is 0.495 e. The molecule has 0 bridgehead atoms. The number of fused-ring (bicyclic) bond motifs is 1. The van der Waals surface area contributed by atoms with Crippen LogP contribution in [0, 0.1) is 5.92 Å². The fourth-order valence-electron chi connectivity index (χ4n) is 8.67. The molecule has 5 heterocycles. The average molecular weight is 875 g/mol. The molecule has 3 aliphatic rings. The Labute approximate surface area is 370 Å². The highest BCUT2D eigenvalue weighted by molar-refractivity contribution is 6.35. The Kier molecular flexibility index (Phi) is 13.6. The number of para-hydroxylation sites is 1. The van der Waals surface area contributed by atoms with Crippen LogP contribution in [0.25, 0.3) is 11.0 Å². The molecule has 3 saturated heterocycles. The lowest BCUT2D eigenvalue weighted by atomic mass is 9.90. The van der Waals surface area contributed by atoms with E-state index < -0.39 is 6.03 Å². The summed E-state index contributed by atoms with van der Waals surface area (Å²) in [7, 11) is 1.50. The van der Waals surface area contributed by atoms with Gasteiger partial charge in [-0.05, 0) is 87.0 Å². The molecular weight excluding hydrogens is 824 g/mol. The Bertz CT molecular complexity index is 2480. The number of piperidine rings is 1. The molecule has 3 aliphatic heterocycles. The smallest absolute Gasteiger partial charge is 0.328 e. The number of hydrogen-bond acceptors (Lipinski definition) is 10. The molecule has 0 radical (unpaired) electrons. The molecule has 5 amide bonds. The molecule has 0 aliphatic carbocycles. The van der Waals surface area contributed by atoms with E-state index in [1.807, 2.05) is 40.1 Å². The summed E-state index contributed by atoms with van der Waals surface area (Å²) in [5, 5.41) is 3.31. The molecule has 0 unspecified atom stereocenters. The first kappa shape index (κ1) is 43.3. The third-order valence-corrected chi connectivity index (χ3v) is 12.5. The maximum absolute atomic E-state index is 13.9. The number of hydrogen-bond donors (Lipinski definition) is 2. The molecule has 2 aromatic heterocycles. The number of halogens is 1. The van der Waals surface area contributed by atoms with E-state index in [2.05, 4.69) is 25.2 Å². The quantitative estimate of drug-likeness (QED) is 0.0835. The van der Waals surface area contributed by atoms with Gasteiger partial charge in [-0.15, -0.1) is 0 Å². The number of benzene rings is 3. The number of carbonyl (C=O) groups excluding carboxylic acids is 5. The van der Waals surface area contributed by atoms with Gasteiger partial charge in [0.25, 0.3) is 5.91 Å². The number of nitrogens with one attached hydrogen (secondary N) is 2. The highest BCUT2D eigenvalue weighted by atomic mass is 35.5. The maximum atomic E-state index is 13.9. The molecule has 0 spiro atoms. The Hall–Kier alpha value is -6.32. The number of amides is 5. The van der Waals surface area contributed by atoms with Gasteiger partial charge in [-0.25, -0.2) is 14.8 Å². The van der Waals surface area contributed by atoms with Gasteiger partial charge in [-0.1, -0.05) is 36.2 Å². The molecule has 63 heavy (non-hydrogen) atoms. The molecule has 0 saturated carbocycles. The van der Waals surface area contributed by atoms with Crippen LogP contribution in [0.15, 0.2) is 79.3 Å². The highest BCUT2D eigenvalue weighted by Crippen LogP contribution is 2.33. The van der Waals surface area contributed by atoms with Gasteiger partial charge < -0.3 is 24.3 Å². The molecule has 328 valence electrons. The summed E-state index contributed by atoms with van der Waals surface area (Å²) in [5.74, 6) is 1.49. The normalized spacial score (nSPS) is 16.3. The zero-order valence-corrected chi connectivity index (χ0v) is 36.1. The lowest BCUT2D eigenvalue weighted by molar-refractivity contribution is -0.132. The minimum atomic E-state index is -0.533. The Morgan fingerprint density at radius 2 is 1.62 bits per heavy atom. The number of ether oxygens (including phenoxy) is 2. The monoisotopic (exact) mass is 874 g/mol. The minimum Gasteiger partial charge on any atom is -0.495 e. The average Bonchev–Trinajstić information content (AvgIpc) is 3.74. The van der Waals surface area contributed by atoms with Crippen molar-refractivity contribution in [3.8, 4) is 17.2 Å². The van der Waals surface area contributed by atoms with Gasteiger partial charge in [0.2, 0.25) is 11.8 Å². The van der Waals surface area contributed by atoms with E-state index in [1.165, 1.54) is 18.3 Å². The van der Waals surface area contributed by atoms with Gasteiger partial charge in [-0.3, -0.25) is 34.3 Å². The number of rotatable bonds is 15. The van der Waals surface area contributed by atoms with Crippen molar-refractivity contribution in [1.82, 2.24) is 35.0 Å². The number of H-pyrrole nitrogens is 1. The summed E-state index contributed by atoms with van der Waals surface area (Å²) in [4.78, 5) is 84.5. The number of anilines is 1. The van der Waals surface area contributed by atoms with Crippen LogP contribution < -0.4 is 19.7 Å². The van der Waals surface area contributed by atoms with Gasteiger partial charge in [0.05, 0.1) is 34.5 Å². The number of unbranched alkanes of at least 4 members (excludes halogenated alkanes) is 2. The van der Waals surface area contributed by atoms with Gasteiger partial charge in [0.15, 0.2) is 5.78 Å².